The van der Waals surface area contributed by atoms with Gasteiger partial charge in [-0.25, -0.2) is 8.78 Å². The fraction of sp³-hybridized carbons (Fsp3) is 0.0714. The lowest BCUT2D eigenvalue weighted by atomic mass is 10.1. The largest absolute Gasteiger partial charge is 0.396 e. The number of nitrogen functional groups attached to an aromatic ring is 1. The van der Waals surface area contributed by atoms with Gasteiger partial charge in [0.15, 0.2) is 5.82 Å². The van der Waals surface area contributed by atoms with Gasteiger partial charge in [0.25, 0.3) is 5.91 Å². The number of benzene rings is 2. The normalized spacial score (nSPS) is 10.4. The van der Waals surface area contributed by atoms with Gasteiger partial charge in [-0.05, 0) is 42.8 Å². The molecule has 0 radical (unpaired) electrons. The van der Waals surface area contributed by atoms with Crippen LogP contribution >= 0.6 is 15.9 Å². The van der Waals surface area contributed by atoms with Gasteiger partial charge in [-0.15, -0.1) is 0 Å². The van der Waals surface area contributed by atoms with Crippen LogP contribution in [0.3, 0.4) is 0 Å². The SMILES string of the molecule is Cc1cc(Br)cc(NC(=O)c2cc(F)cc(N)c2F)c1. The van der Waals surface area contributed by atoms with Crippen molar-refractivity contribution >= 4 is 33.2 Å². The third-order valence-electron chi connectivity index (χ3n) is 2.61. The topological polar surface area (TPSA) is 55.1 Å². The van der Waals surface area contributed by atoms with Crippen LogP contribution in [0.1, 0.15) is 15.9 Å². The van der Waals surface area contributed by atoms with Crippen LogP contribution in [0, 0.1) is 18.6 Å². The van der Waals surface area contributed by atoms with E-state index in [0.717, 1.165) is 22.2 Å². The van der Waals surface area contributed by atoms with E-state index in [9.17, 15) is 13.6 Å². The van der Waals surface area contributed by atoms with Crippen molar-refractivity contribution < 1.29 is 13.6 Å². The Kier molecular flexibility index (Phi) is 4.04. The van der Waals surface area contributed by atoms with E-state index in [1.165, 1.54) is 0 Å². The van der Waals surface area contributed by atoms with Gasteiger partial charge in [0, 0.05) is 10.2 Å². The summed E-state index contributed by atoms with van der Waals surface area (Å²) >= 11 is 3.29. The lowest BCUT2D eigenvalue weighted by Gasteiger charge is -2.09. The molecule has 0 aliphatic heterocycles. The first-order valence-corrected chi connectivity index (χ1v) is 6.49. The fourth-order valence-corrected chi connectivity index (χ4v) is 2.39. The standard InChI is InChI=1S/C14H11BrF2N2O/c1-7-2-8(15)4-10(3-7)19-14(20)11-5-9(16)6-12(18)13(11)17/h2-6H,18H2,1H3,(H,19,20). The zero-order valence-electron chi connectivity index (χ0n) is 10.5. The summed E-state index contributed by atoms with van der Waals surface area (Å²) in [6.45, 7) is 1.85. The first kappa shape index (κ1) is 14.5. The Hall–Kier alpha value is -1.95. The maximum Gasteiger partial charge on any atom is 0.258 e. The number of rotatable bonds is 2. The second kappa shape index (κ2) is 5.58. The summed E-state index contributed by atoms with van der Waals surface area (Å²) in [5.41, 5.74) is 5.85. The number of amides is 1. The smallest absolute Gasteiger partial charge is 0.258 e. The zero-order valence-corrected chi connectivity index (χ0v) is 12.1. The van der Waals surface area contributed by atoms with Crippen LogP contribution in [-0.4, -0.2) is 5.91 Å². The van der Waals surface area contributed by atoms with E-state index in [4.69, 9.17) is 5.73 Å². The molecule has 0 unspecified atom stereocenters. The molecule has 1 amide bonds. The van der Waals surface area contributed by atoms with E-state index in [1.54, 1.807) is 12.1 Å². The lowest BCUT2D eigenvalue weighted by Crippen LogP contribution is -2.15. The highest BCUT2D eigenvalue weighted by molar-refractivity contribution is 9.10. The molecule has 0 atom stereocenters. The summed E-state index contributed by atoms with van der Waals surface area (Å²) < 4.78 is 27.7. The second-order valence-corrected chi connectivity index (χ2v) is 5.24. The summed E-state index contributed by atoms with van der Waals surface area (Å²) in [5.74, 6) is -2.46. The highest BCUT2D eigenvalue weighted by Gasteiger charge is 2.16. The molecule has 0 heterocycles. The molecule has 0 aliphatic carbocycles. The van der Waals surface area contributed by atoms with Gasteiger partial charge < -0.3 is 11.1 Å². The molecule has 0 spiro atoms. The fourth-order valence-electron chi connectivity index (χ4n) is 1.78. The number of nitrogens with two attached hydrogens (primary N) is 1. The number of hydrogen-bond acceptors (Lipinski definition) is 2. The Bertz CT molecular complexity index is 669. The average molecular weight is 341 g/mol. The number of nitrogens with one attached hydrogen (secondary N) is 1. The highest BCUT2D eigenvalue weighted by Crippen LogP contribution is 2.22. The maximum absolute atomic E-state index is 13.7. The highest BCUT2D eigenvalue weighted by atomic mass is 79.9. The van der Waals surface area contributed by atoms with Crippen LogP contribution in [0.25, 0.3) is 0 Å². The molecule has 0 saturated heterocycles. The minimum Gasteiger partial charge on any atom is -0.396 e. The van der Waals surface area contributed by atoms with Gasteiger partial charge >= 0.3 is 0 Å². The van der Waals surface area contributed by atoms with Crippen LogP contribution in [0.5, 0.6) is 0 Å². The van der Waals surface area contributed by atoms with E-state index in [2.05, 4.69) is 21.2 Å². The molecule has 0 aromatic heterocycles. The predicted molar refractivity (Wildman–Crippen MR) is 77.6 cm³/mol. The maximum atomic E-state index is 13.7. The Morgan fingerprint density at radius 1 is 1.20 bits per heavy atom. The molecule has 6 heteroatoms. The van der Waals surface area contributed by atoms with Crippen molar-refractivity contribution in [2.75, 3.05) is 11.1 Å². The minimum absolute atomic E-state index is 0.402. The van der Waals surface area contributed by atoms with Crippen molar-refractivity contribution in [1.82, 2.24) is 0 Å². The van der Waals surface area contributed by atoms with E-state index in [0.29, 0.717) is 5.69 Å². The first-order chi connectivity index (χ1) is 9.36. The molecular weight excluding hydrogens is 330 g/mol. The molecule has 104 valence electrons. The van der Waals surface area contributed by atoms with Gasteiger partial charge in [-0.2, -0.15) is 0 Å². The van der Waals surface area contributed by atoms with Crippen molar-refractivity contribution in [3.63, 3.8) is 0 Å². The van der Waals surface area contributed by atoms with Crippen molar-refractivity contribution in [3.8, 4) is 0 Å². The lowest BCUT2D eigenvalue weighted by molar-refractivity contribution is 0.102. The van der Waals surface area contributed by atoms with Crippen LogP contribution in [0.4, 0.5) is 20.2 Å². The number of carbonyl (C=O) groups excluding carboxylic acids is 1. The Morgan fingerprint density at radius 2 is 1.90 bits per heavy atom. The van der Waals surface area contributed by atoms with Crippen molar-refractivity contribution in [1.29, 1.82) is 0 Å². The Morgan fingerprint density at radius 3 is 2.55 bits per heavy atom. The Balaban J connectivity index is 2.33. The van der Waals surface area contributed by atoms with Crippen molar-refractivity contribution in [3.05, 3.63) is 57.6 Å². The van der Waals surface area contributed by atoms with Crippen molar-refractivity contribution in [2.24, 2.45) is 0 Å². The third kappa shape index (κ3) is 3.14. The van der Waals surface area contributed by atoms with Gasteiger partial charge in [-0.3, -0.25) is 4.79 Å². The summed E-state index contributed by atoms with van der Waals surface area (Å²) in [6, 6.07) is 6.87. The molecule has 2 rings (SSSR count). The number of anilines is 2. The van der Waals surface area contributed by atoms with E-state index >= 15 is 0 Å². The molecule has 0 saturated carbocycles. The average Bonchev–Trinajstić information content (AvgIpc) is 2.32. The van der Waals surface area contributed by atoms with E-state index in [1.807, 2.05) is 13.0 Å². The summed E-state index contributed by atoms with van der Waals surface area (Å²) in [5, 5.41) is 2.50. The third-order valence-corrected chi connectivity index (χ3v) is 3.07. The molecule has 3 N–H and O–H groups in total. The molecule has 20 heavy (non-hydrogen) atoms. The number of hydrogen-bond donors (Lipinski definition) is 2. The monoisotopic (exact) mass is 340 g/mol. The molecule has 2 aromatic carbocycles. The van der Waals surface area contributed by atoms with Crippen molar-refractivity contribution in [2.45, 2.75) is 6.92 Å². The van der Waals surface area contributed by atoms with Crippen LogP contribution in [0.2, 0.25) is 0 Å². The predicted octanol–water partition coefficient (Wildman–Crippen LogP) is 3.87. The summed E-state index contributed by atoms with van der Waals surface area (Å²) in [6.07, 6.45) is 0. The molecule has 3 nitrogen and oxygen atoms in total. The van der Waals surface area contributed by atoms with E-state index < -0.39 is 28.8 Å². The summed E-state index contributed by atoms with van der Waals surface area (Å²) in [7, 11) is 0. The first-order valence-electron chi connectivity index (χ1n) is 5.70. The van der Waals surface area contributed by atoms with Gasteiger partial charge in [-0.1, -0.05) is 15.9 Å². The van der Waals surface area contributed by atoms with Crippen LogP contribution in [-0.2, 0) is 0 Å². The molecule has 2 aromatic rings. The minimum atomic E-state index is -0.935. The van der Waals surface area contributed by atoms with Crippen LogP contribution < -0.4 is 11.1 Å². The Labute approximate surface area is 122 Å². The molecule has 0 bridgehead atoms. The quantitative estimate of drug-likeness (QED) is 0.815. The van der Waals surface area contributed by atoms with Crippen LogP contribution in [0.15, 0.2) is 34.8 Å². The second-order valence-electron chi connectivity index (χ2n) is 4.33. The zero-order chi connectivity index (χ0) is 14.9. The van der Waals surface area contributed by atoms with Gasteiger partial charge in [0.05, 0.1) is 11.3 Å². The number of halogens is 3. The summed E-state index contributed by atoms with van der Waals surface area (Å²) in [4.78, 5) is 12.0. The number of carbonyl (C=O) groups is 1. The van der Waals surface area contributed by atoms with E-state index in [-0.39, 0.29) is 0 Å². The van der Waals surface area contributed by atoms with Gasteiger partial charge in [0.1, 0.15) is 5.82 Å². The van der Waals surface area contributed by atoms with Gasteiger partial charge in [0.2, 0.25) is 0 Å². The molecule has 0 fully saturated rings. The number of aryl methyl sites for hydroxylation is 1. The molecular formula is C14H11BrF2N2O. The molecule has 0 aliphatic rings.